The molecule has 0 aliphatic heterocycles. The molecule has 3 N–H and O–H groups in total. The minimum Gasteiger partial charge on any atom is -0.396 e. The third kappa shape index (κ3) is 12.1. The van der Waals surface area contributed by atoms with Crippen molar-refractivity contribution >= 4 is 0 Å². The average Bonchev–Trinajstić information content (AvgIpc) is 2.42. The van der Waals surface area contributed by atoms with Crippen LogP contribution in [0.2, 0.25) is 0 Å². The van der Waals surface area contributed by atoms with Crippen LogP contribution in [0.3, 0.4) is 0 Å². The molecule has 4 heteroatoms. The molecule has 0 saturated heterocycles. The average molecular weight is 303 g/mol. The molecule has 0 bridgehead atoms. The lowest BCUT2D eigenvalue weighted by molar-refractivity contribution is 0.0183. The summed E-state index contributed by atoms with van der Waals surface area (Å²) in [4.78, 5) is 0. The summed E-state index contributed by atoms with van der Waals surface area (Å²) in [6, 6.07) is 0. The highest BCUT2D eigenvalue weighted by molar-refractivity contribution is 4.72. The van der Waals surface area contributed by atoms with Crippen molar-refractivity contribution in [3.05, 3.63) is 0 Å². The van der Waals surface area contributed by atoms with Gasteiger partial charge in [0.15, 0.2) is 0 Å². The van der Waals surface area contributed by atoms with Gasteiger partial charge in [0.25, 0.3) is 0 Å². The number of unbranched alkanes of at least 4 members (excludes halogenated alkanes) is 1. The van der Waals surface area contributed by atoms with Gasteiger partial charge in [-0.05, 0) is 24.2 Å². The van der Waals surface area contributed by atoms with Crippen LogP contribution in [0, 0.1) is 11.3 Å². The highest BCUT2D eigenvalue weighted by Gasteiger charge is 2.17. The van der Waals surface area contributed by atoms with Gasteiger partial charge < -0.3 is 20.3 Å². The Morgan fingerprint density at radius 1 is 1.19 bits per heavy atom. The van der Waals surface area contributed by atoms with Crippen molar-refractivity contribution in [3.63, 3.8) is 0 Å². The highest BCUT2D eigenvalue weighted by Crippen LogP contribution is 2.17. The van der Waals surface area contributed by atoms with E-state index in [1.807, 2.05) is 0 Å². The minimum absolute atomic E-state index is 0.0583. The lowest BCUT2D eigenvalue weighted by atomic mass is 9.90. The second kappa shape index (κ2) is 12.4. The number of rotatable bonds is 14. The molecular weight excluding hydrogens is 266 g/mol. The van der Waals surface area contributed by atoms with Crippen molar-refractivity contribution < 1.29 is 14.9 Å². The van der Waals surface area contributed by atoms with E-state index in [9.17, 15) is 5.11 Å². The molecule has 2 unspecified atom stereocenters. The predicted molar refractivity (Wildman–Crippen MR) is 88.5 cm³/mol. The van der Waals surface area contributed by atoms with Gasteiger partial charge in [-0.25, -0.2) is 0 Å². The predicted octanol–water partition coefficient (Wildman–Crippen LogP) is 2.58. The van der Waals surface area contributed by atoms with Gasteiger partial charge in [-0.3, -0.25) is 0 Å². The summed E-state index contributed by atoms with van der Waals surface area (Å²) in [6.45, 7) is 11.3. The number of aliphatic hydroxyl groups is 2. The van der Waals surface area contributed by atoms with Crippen LogP contribution in [0.5, 0.6) is 0 Å². The van der Waals surface area contributed by atoms with E-state index >= 15 is 0 Å². The molecule has 0 aromatic heterocycles. The van der Waals surface area contributed by atoms with Crippen molar-refractivity contribution in [2.24, 2.45) is 11.3 Å². The van der Waals surface area contributed by atoms with Gasteiger partial charge in [-0.1, -0.05) is 47.0 Å². The normalized spacial score (nSPS) is 15.1. The maximum Gasteiger partial charge on any atom is 0.0897 e. The Hall–Kier alpha value is -0.160. The van der Waals surface area contributed by atoms with Gasteiger partial charge in [-0.15, -0.1) is 0 Å². The van der Waals surface area contributed by atoms with E-state index in [1.165, 1.54) is 19.3 Å². The SMILES string of the molecule is CCCCC(CC)COCC(O)CNCC(C)(C)CCO. The summed E-state index contributed by atoms with van der Waals surface area (Å²) in [5, 5.41) is 22.1. The smallest absolute Gasteiger partial charge is 0.0897 e. The first-order valence-corrected chi connectivity index (χ1v) is 8.52. The van der Waals surface area contributed by atoms with Crippen LogP contribution >= 0.6 is 0 Å². The lowest BCUT2D eigenvalue weighted by Gasteiger charge is -2.25. The molecule has 0 radical (unpaired) electrons. The zero-order chi connectivity index (χ0) is 16.1. The zero-order valence-electron chi connectivity index (χ0n) is 14.5. The Bertz CT molecular complexity index is 234. The molecule has 0 aliphatic carbocycles. The van der Waals surface area contributed by atoms with Crippen LogP contribution in [-0.2, 0) is 4.74 Å². The summed E-state index contributed by atoms with van der Waals surface area (Å²) < 4.78 is 5.65. The fourth-order valence-electron chi connectivity index (χ4n) is 2.30. The fourth-order valence-corrected chi connectivity index (χ4v) is 2.30. The van der Waals surface area contributed by atoms with E-state index in [2.05, 4.69) is 33.0 Å². The maximum atomic E-state index is 9.90. The first-order valence-electron chi connectivity index (χ1n) is 8.52. The Kier molecular flexibility index (Phi) is 12.3. The summed E-state index contributed by atoms with van der Waals surface area (Å²) in [5.74, 6) is 0.619. The quantitative estimate of drug-likeness (QED) is 0.461. The van der Waals surface area contributed by atoms with Gasteiger partial charge in [-0.2, -0.15) is 0 Å². The van der Waals surface area contributed by atoms with E-state index in [0.717, 1.165) is 26.0 Å². The fraction of sp³-hybridized carbons (Fsp3) is 1.00. The number of hydrogen-bond acceptors (Lipinski definition) is 4. The number of ether oxygens (including phenoxy) is 1. The van der Waals surface area contributed by atoms with Crippen molar-refractivity contribution in [2.75, 3.05) is 32.9 Å². The molecule has 128 valence electrons. The van der Waals surface area contributed by atoms with Gasteiger partial charge in [0.2, 0.25) is 0 Å². The van der Waals surface area contributed by atoms with Crippen LogP contribution < -0.4 is 5.32 Å². The maximum absolute atomic E-state index is 9.90. The van der Waals surface area contributed by atoms with Crippen LogP contribution in [0.1, 0.15) is 59.8 Å². The molecule has 0 aliphatic rings. The Morgan fingerprint density at radius 2 is 1.90 bits per heavy atom. The molecule has 0 rings (SSSR count). The molecule has 0 aromatic carbocycles. The molecule has 0 amide bonds. The standard InChI is InChI=1S/C17H37NO3/c1-5-7-8-15(6-2)12-21-13-16(20)11-18-14-17(3,4)9-10-19/h15-16,18-20H,5-14H2,1-4H3. The van der Waals surface area contributed by atoms with E-state index in [-0.39, 0.29) is 12.0 Å². The molecular formula is C17H37NO3. The third-order valence-corrected chi connectivity index (χ3v) is 3.98. The van der Waals surface area contributed by atoms with E-state index < -0.39 is 6.10 Å². The molecule has 0 aromatic rings. The molecule has 0 spiro atoms. The van der Waals surface area contributed by atoms with Crippen LogP contribution in [0.15, 0.2) is 0 Å². The number of aliphatic hydroxyl groups excluding tert-OH is 2. The topological polar surface area (TPSA) is 61.7 Å². The highest BCUT2D eigenvalue weighted by atomic mass is 16.5. The van der Waals surface area contributed by atoms with Crippen LogP contribution in [-0.4, -0.2) is 49.2 Å². The molecule has 0 saturated carbocycles. The van der Waals surface area contributed by atoms with E-state index in [1.54, 1.807) is 0 Å². The monoisotopic (exact) mass is 303 g/mol. The molecule has 21 heavy (non-hydrogen) atoms. The largest absolute Gasteiger partial charge is 0.396 e. The summed E-state index contributed by atoms with van der Waals surface area (Å²) in [5.41, 5.74) is 0.0583. The van der Waals surface area contributed by atoms with Crippen molar-refractivity contribution in [3.8, 4) is 0 Å². The molecule has 0 heterocycles. The second-order valence-electron chi connectivity index (χ2n) is 6.88. The molecule has 4 nitrogen and oxygen atoms in total. The Labute approximate surface area is 131 Å². The Morgan fingerprint density at radius 3 is 2.48 bits per heavy atom. The van der Waals surface area contributed by atoms with Gasteiger partial charge >= 0.3 is 0 Å². The summed E-state index contributed by atoms with van der Waals surface area (Å²) in [6.07, 6.45) is 5.15. The Balaban J connectivity index is 3.68. The molecule has 2 atom stereocenters. The first-order chi connectivity index (χ1) is 9.95. The van der Waals surface area contributed by atoms with Gasteiger partial charge in [0.05, 0.1) is 12.7 Å². The van der Waals surface area contributed by atoms with Crippen molar-refractivity contribution in [1.82, 2.24) is 5.32 Å². The van der Waals surface area contributed by atoms with E-state index in [0.29, 0.717) is 19.1 Å². The first kappa shape index (κ1) is 20.8. The van der Waals surface area contributed by atoms with Crippen LogP contribution in [0.4, 0.5) is 0 Å². The lowest BCUT2D eigenvalue weighted by Crippen LogP contribution is -2.37. The van der Waals surface area contributed by atoms with Gasteiger partial charge in [0, 0.05) is 26.3 Å². The summed E-state index contributed by atoms with van der Waals surface area (Å²) in [7, 11) is 0. The number of nitrogens with one attached hydrogen (secondary N) is 1. The zero-order valence-corrected chi connectivity index (χ0v) is 14.5. The van der Waals surface area contributed by atoms with Crippen molar-refractivity contribution in [2.45, 2.75) is 65.9 Å². The molecule has 0 fully saturated rings. The number of hydrogen-bond donors (Lipinski definition) is 3. The third-order valence-electron chi connectivity index (χ3n) is 3.98. The minimum atomic E-state index is -0.460. The summed E-state index contributed by atoms with van der Waals surface area (Å²) >= 11 is 0. The second-order valence-corrected chi connectivity index (χ2v) is 6.88. The van der Waals surface area contributed by atoms with Crippen molar-refractivity contribution in [1.29, 1.82) is 0 Å². The van der Waals surface area contributed by atoms with Crippen LogP contribution in [0.25, 0.3) is 0 Å². The van der Waals surface area contributed by atoms with Gasteiger partial charge in [0.1, 0.15) is 0 Å². The van der Waals surface area contributed by atoms with E-state index in [4.69, 9.17) is 9.84 Å².